The van der Waals surface area contributed by atoms with E-state index in [9.17, 15) is 4.79 Å². The molecule has 3 nitrogen and oxygen atoms in total. The van der Waals surface area contributed by atoms with Crippen molar-refractivity contribution in [3.8, 4) is 0 Å². The zero-order chi connectivity index (χ0) is 16.7. The first kappa shape index (κ1) is 15.3. The summed E-state index contributed by atoms with van der Waals surface area (Å²) in [4.78, 5) is 11.7. The zero-order valence-corrected chi connectivity index (χ0v) is 13.7. The first-order valence-corrected chi connectivity index (χ1v) is 8.25. The number of rotatable bonds is 2. The summed E-state index contributed by atoms with van der Waals surface area (Å²) in [5.41, 5.74) is 1.42. The van der Waals surface area contributed by atoms with Crippen LogP contribution in [-0.2, 0) is 14.3 Å². The van der Waals surface area contributed by atoms with Crippen molar-refractivity contribution in [2.24, 2.45) is 0 Å². The molecule has 3 atom stereocenters. The van der Waals surface area contributed by atoms with Gasteiger partial charge in [0.25, 0.3) is 0 Å². The highest BCUT2D eigenvalue weighted by Crippen LogP contribution is 2.36. The van der Waals surface area contributed by atoms with Crippen molar-refractivity contribution in [2.75, 3.05) is 6.61 Å². The number of benzene rings is 2. The van der Waals surface area contributed by atoms with Gasteiger partial charge in [0.15, 0.2) is 5.78 Å². The predicted octanol–water partition coefficient (Wildman–Crippen LogP) is 3.92. The summed E-state index contributed by atoms with van der Waals surface area (Å²) in [5.74, 6) is 0.0815. The number of fused-ring (bicyclic) bond motifs is 2. The van der Waals surface area contributed by atoms with E-state index in [0.29, 0.717) is 13.0 Å². The molecule has 24 heavy (non-hydrogen) atoms. The van der Waals surface area contributed by atoms with Crippen molar-refractivity contribution in [2.45, 2.75) is 31.2 Å². The van der Waals surface area contributed by atoms with Crippen LogP contribution in [-0.4, -0.2) is 30.2 Å². The van der Waals surface area contributed by atoms with E-state index in [4.69, 9.17) is 9.47 Å². The number of ether oxygens (including phenoxy) is 2. The molecule has 0 aromatic heterocycles. The van der Waals surface area contributed by atoms with Crippen LogP contribution in [0.1, 0.15) is 18.9 Å². The molecule has 0 bridgehead atoms. The van der Waals surface area contributed by atoms with Gasteiger partial charge in [0, 0.05) is 6.42 Å². The second-order valence-corrected chi connectivity index (χ2v) is 6.70. The average Bonchev–Trinajstić information content (AvgIpc) is 2.61. The Morgan fingerprint density at radius 3 is 2.83 bits per heavy atom. The molecule has 2 aromatic rings. The summed E-state index contributed by atoms with van der Waals surface area (Å²) in [7, 11) is 0. The van der Waals surface area contributed by atoms with Crippen molar-refractivity contribution in [1.82, 2.24) is 0 Å². The summed E-state index contributed by atoms with van der Waals surface area (Å²) < 4.78 is 12.2. The van der Waals surface area contributed by atoms with Crippen LogP contribution in [0.3, 0.4) is 0 Å². The minimum Gasteiger partial charge on any atom is -0.365 e. The molecule has 3 heteroatoms. The normalized spacial score (nSPS) is 29.5. The molecule has 0 amide bonds. The van der Waals surface area contributed by atoms with E-state index < -0.39 is 5.60 Å². The summed E-state index contributed by atoms with van der Waals surface area (Å²) in [5, 5.41) is 2.37. The highest BCUT2D eigenvalue weighted by Gasteiger charge is 2.44. The highest BCUT2D eigenvalue weighted by molar-refractivity contribution is 5.91. The van der Waals surface area contributed by atoms with Gasteiger partial charge in [-0.1, -0.05) is 43.0 Å². The Balaban J connectivity index is 1.58. The number of ketones is 1. The number of hydrogen-bond donors (Lipinski definition) is 0. The maximum atomic E-state index is 11.7. The second-order valence-electron chi connectivity index (χ2n) is 6.70. The molecule has 1 fully saturated rings. The van der Waals surface area contributed by atoms with Gasteiger partial charge in [-0.2, -0.15) is 0 Å². The van der Waals surface area contributed by atoms with Gasteiger partial charge in [-0.25, -0.2) is 0 Å². The molecule has 122 valence electrons. The first-order chi connectivity index (χ1) is 11.5. The lowest BCUT2D eigenvalue weighted by Gasteiger charge is -2.44. The van der Waals surface area contributed by atoms with Crippen molar-refractivity contribution in [1.29, 1.82) is 0 Å². The molecule has 0 radical (unpaired) electrons. The Labute approximate surface area is 141 Å². The smallest absolute Gasteiger partial charge is 0.158 e. The SMILES string of the molecule is C=C(c1ccc2ccccc2c1)[C@H]1CO[C@@]2(C)C=CC(=O)C[C@H]2O1. The summed E-state index contributed by atoms with van der Waals surface area (Å²) in [6.07, 6.45) is 3.28. The Kier molecular flexibility index (Phi) is 3.63. The first-order valence-electron chi connectivity index (χ1n) is 8.25. The van der Waals surface area contributed by atoms with Crippen LogP contribution < -0.4 is 0 Å². The van der Waals surface area contributed by atoms with Crippen molar-refractivity contribution in [3.63, 3.8) is 0 Å². The van der Waals surface area contributed by atoms with E-state index in [0.717, 1.165) is 11.1 Å². The quantitative estimate of drug-likeness (QED) is 0.841. The molecule has 1 saturated heterocycles. The second kappa shape index (κ2) is 5.69. The van der Waals surface area contributed by atoms with Crippen LogP contribution in [0.25, 0.3) is 16.3 Å². The molecular weight excluding hydrogens is 300 g/mol. The molecule has 0 unspecified atom stereocenters. The van der Waals surface area contributed by atoms with Gasteiger partial charge < -0.3 is 9.47 Å². The standard InChI is InChI=1S/C21H20O3/c1-14(16-8-7-15-5-3-4-6-17(15)11-16)19-13-23-21(2)10-9-18(22)12-20(21)24-19/h3-11,19-20H,1,12-13H2,2H3/t19-,20-,21+/m1/s1. The maximum Gasteiger partial charge on any atom is 0.158 e. The number of allylic oxidation sites excluding steroid dienone is 1. The Morgan fingerprint density at radius 1 is 1.21 bits per heavy atom. The fraction of sp³-hybridized carbons (Fsp3) is 0.286. The van der Waals surface area contributed by atoms with Gasteiger partial charge in [0.1, 0.15) is 11.7 Å². The molecule has 1 aliphatic carbocycles. The number of carbonyl (C=O) groups excluding carboxylic acids is 1. The van der Waals surface area contributed by atoms with Gasteiger partial charge in [0.2, 0.25) is 0 Å². The van der Waals surface area contributed by atoms with Gasteiger partial charge >= 0.3 is 0 Å². The molecule has 4 rings (SSSR count). The predicted molar refractivity (Wildman–Crippen MR) is 94.8 cm³/mol. The van der Waals surface area contributed by atoms with E-state index in [1.54, 1.807) is 6.08 Å². The van der Waals surface area contributed by atoms with Crippen molar-refractivity contribution >= 4 is 22.1 Å². The molecule has 2 aliphatic rings. The summed E-state index contributed by atoms with van der Waals surface area (Å²) in [6.45, 7) is 6.64. The van der Waals surface area contributed by atoms with Crippen LogP contribution in [0.15, 0.2) is 61.2 Å². The average molecular weight is 320 g/mol. The van der Waals surface area contributed by atoms with E-state index in [-0.39, 0.29) is 18.0 Å². The Morgan fingerprint density at radius 2 is 2.00 bits per heavy atom. The van der Waals surface area contributed by atoms with Crippen molar-refractivity contribution in [3.05, 3.63) is 66.8 Å². The lowest BCUT2D eigenvalue weighted by molar-refractivity contribution is -0.196. The third-order valence-corrected chi connectivity index (χ3v) is 5.01. The van der Waals surface area contributed by atoms with E-state index in [1.807, 2.05) is 25.1 Å². The minimum atomic E-state index is -0.520. The van der Waals surface area contributed by atoms with Crippen LogP contribution in [0.5, 0.6) is 0 Å². The lowest BCUT2D eigenvalue weighted by atomic mass is 9.87. The Hall–Kier alpha value is -2.23. The lowest BCUT2D eigenvalue weighted by Crippen LogP contribution is -2.53. The fourth-order valence-corrected chi connectivity index (χ4v) is 3.39. The van der Waals surface area contributed by atoms with Crippen LogP contribution >= 0.6 is 0 Å². The van der Waals surface area contributed by atoms with Gasteiger partial charge in [-0.15, -0.1) is 0 Å². The topological polar surface area (TPSA) is 35.5 Å². The maximum absolute atomic E-state index is 11.7. The summed E-state index contributed by atoms with van der Waals surface area (Å²) in [6, 6.07) is 14.5. The van der Waals surface area contributed by atoms with Gasteiger partial charge in [0.05, 0.1) is 12.7 Å². The van der Waals surface area contributed by atoms with E-state index >= 15 is 0 Å². The fourth-order valence-electron chi connectivity index (χ4n) is 3.39. The largest absolute Gasteiger partial charge is 0.365 e. The van der Waals surface area contributed by atoms with E-state index in [1.165, 1.54) is 10.8 Å². The molecule has 1 aliphatic heterocycles. The molecule has 0 N–H and O–H groups in total. The van der Waals surface area contributed by atoms with Crippen LogP contribution in [0, 0.1) is 0 Å². The number of carbonyl (C=O) groups is 1. The zero-order valence-electron chi connectivity index (χ0n) is 13.7. The molecule has 0 saturated carbocycles. The van der Waals surface area contributed by atoms with Crippen LogP contribution in [0.4, 0.5) is 0 Å². The highest BCUT2D eigenvalue weighted by atomic mass is 16.6. The van der Waals surface area contributed by atoms with Crippen LogP contribution in [0.2, 0.25) is 0 Å². The monoisotopic (exact) mass is 320 g/mol. The third kappa shape index (κ3) is 2.60. The van der Waals surface area contributed by atoms with E-state index in [2.05, 4.69) is 36.9 Å². The molecule has 2 aromatic carbocycles. The van der Waals surface area contributed by atoms with Crippen molar-refractivity contribution < 1.29 is 14.3 Å². The Bertz CT molecular complexity index is 851. The van der Waals surface area contributed by atoms with Gasteiger partial charge in [-0.3, -0.25) is 4.79 Å². The third-order valence-electron chi connectivity index (χ3n) is 5.01. The molecule has 1 heterocycles. The number of hydrogen-bond acceptors (Lipinski definition) is 3. The minimum absolute atomic E-state index is 0.0815. The summed E-state index contributed by atoms with van der Waals surface area (Å²) >= 11 is 0. The van der Waals surface area contributed by atoms with Gasteiger partial charge in [-0.05, 0) is 47.1 Å². The molecule has 0 spiro atoms. The molecular formula is C21H20O3.